The van der Waals surface area contributed by atoms with Gasteiger partial charge < -0.3 is 15.1 Å². The average molecular weight is 386 g/mol. The number of halogens is 1. The summed E-state index contributed by atoms with van der Waals surface area (Å²) in [5.74, 6) is 0.851. The minimum Gasteiger partial charge on any atom is -0.367 e. The SMILES string of the molecule is CN(C)c1cc(-c2cc3c(N4CC5CCC(C4)N5)ccnn3c2)cnn1.Cl. The number of nitrogens with one attached hydrogen (secondary N) is 1. The van der Waals surface area contributed by atoms with Crippen molar-refractivity contribution in [2.45, 2.75) is 24.9 Å². The van der Waals surface area contributed by atoms with Crippen LogP contribution in [-0.2, 0) is 0 Å². The summed E-state index contributed by atoms with van der Waals surface area (Å²) in [6, 6.07) is 7.64. The number of piperazine rings is 1. The second-order valence-corrected chi connectivity index (χ2v) is 7.51. The fourth-order valence-electron chi connectivity index (χ4n) is 4.15. The van der Waals surface area contributed by atoms with Crippen molar-refractivity contribution < 1.29 is 0 Å². The van der Waals surface area contributed by atoms with Gasteiger partial charge in [-0.15, -0.1) is 17.5 Å². The quantitative estimate of drug-likeness (QED) is 0.746. The third-order valence-corrected chi connectivity index (χ3v) is 5.48. The lowest BCUT2D eigenvalue weighted by atomic mass is 10.1. The first kappa shape index (κ1) is 18.0. The molecule has 2 fully saturated rings. The zero-order chi connectivity index (χ0) is 17.7. The van der Waals surface area contributed by atoms with E-state index in [-0.39, 0.29) is 12.4 Å². The minimum atomic E-state index is 0. The van der Waals surface area contributed by atoms with Gasteiger partial charge >= 0.3 is 0 Å². The minimum absolute atomic E-state index is 0. The van der Waals surface area contributed by atoms with Crippen LogP contribution in [0.25, 0.3) is 16.6 Å². The van der Waals surface area contributed by atoms with E-state index in [1.807, 2.05) is 35.9 Å². The molecule has 2 aliphatic heterocycles. The molecular formula is C19H24ClN7. The summed E-state index contributed by atoms with van der Waals surface area (Å²) in [5.41, 5.74) is 4.58. The summed E-state index contributed by atoms with van der Waals surface area (Å²) in [6.07, 6.45) is 8.35. The summed E-state index contributed by atoms with van der Waals surface area (Å²) in [6.45, 7) is 2.14. The molecule has 2 saturated heterocycles. The van der Waals surface area contributed by atoms with Gasteiger partial charge in [-0.2, -0.15) is 10.2 Å². The Morgan fingerprint density at radius 3 is 2.63 bits per heavy atom. The van der Waals surface area contributed by atoms with E-state index in [0.29, 0.717) is 12.1 Å². The first-order valence-electron chi connectivity index (χ1n) is 9.16. The van der Waals surface area contributed by atoms with E-state index >= 15 is 0 Å². The van der Waals surface area contributed by atoms with Crippen LogP contribution in [-0.4, -0.2) is 59.1 Å². The Bertz CT molecular complexity index is 942. The zero-order valence-corrected chi connectivity index (χ0v) is 16.4. The molecule has 2 atom stereocenters. The van der Waals surface area contributed by atoms with Gasteiger partial charge in [0.25, 0.3) is 0 Å². The Labute approximate surface area is 164 Å². The molecule has 0 spiro atoms. The Morgan fingerprint density at radius 1 is 1.11 bits per heavy atom. The maximum absolute atomic E-state index is 4.52. The second-order valence-electron chi connectivity index (χ2n) is 7.51. The molecule has 1 N–H and O–H groups in total. The maximum atomic E-state index is 4.52. The van der Waals surface area contributed by atoms with Gasteiger partial charge in [0.2, 0.25) is 0 Å². The lowest BCUT2D eigenvalue weighted by molar-refractivity contribution is 0.466. The molecule has 0 saturated carbocycles. The summed E-state index contributed by atoms with van der Waals surface area (Å²) in [5, 5.41) is 16.5. The van der Waals surface area contributed by atoms with E-state index in [9.17, 15) is 0 Å². The van der Waals surface area contributed by atoms with Crippen LogP contribution in [0.3, 0.4) is 0 Å². The van der Waals surface area contributed by atoms with Gasteiger partial charge in [-0.25, -0.2) is 4.52 Å². The first-order valence-corrected chi connectivity index (χ1v) is 9.16. The van der Waals surface area contributed by atoms with Crippen molar-refractivity contribution in [3.63, 3.8) is 0 Å². The van der Waals surface area contributed by atoms with Crippen LogP contribution >= 0.6 is 12.4 Å². The first-order chi connectivity index (χ1) is 12.7. The molecule has 0 aliphatic carbocycles. The van der Waals surface area contributed by atoms with Crippen molar-refractivity contribution >= 4 is 29.4 Å². The number of fused-ring (bicyclic) bond motifs is 3. The Kier molecular flexibility index (Phi) is 4.65. The van der Waals surface area contributed by atoms with E-state index in [1.54, 1.807) is 0 Å². The molecule has 5 rings (SSSR count). The molecular weight excluding hydrogens is 362 g/mol. The number of hydrogen-bond acceptors (Lipinski definition) is 6. The lowest BCUT2D eigenvalue weighted by Gasteiger charge is -2.34. The number of aromatic nitrogens is 4. The predicted octanol–water partition coefficient (Wildman–Crippen LogP) is 2.22. The van der Waals surface area contributed by atoms with E-state index in [0.717, 1.165) is 35.6 Å². The number of rotatable bonds is 3. The van der Waals surface area contributed by atoms with Gasteiger partial charge in [0.05, 0.1) is 17.4 Å². The van der Waals surface area contributed by atoms with Gasteiger partial charge in [0.1, 0.15) is 0 Å². The van der Waals surface area contributed by atoms with Gasteiger partial charge in [-0.3, -0.25) is 0 Å². The smallest absolute Gasteiger partial charge is 0.151 e. The molecule has 0 amide bonds. The van der Waals surface area contributed by atoms with Gasteiger partial charge in [0.15, 0.2) is 5.82 Å². The Hall–Kier alpha value is -2.38. The molecule has 5 heterocycles. The summed E-state index contributed by atoms with van der Waals surface area (Å²) in [7, 11) is 3.95. The summed E-state index contributed by atoms with van der Waals surface area (Å²) >= 11 is 0. The fraction of sp³-hybridized carbons (Fsp3) is 0.421. The largest absolute Gasteiger partial charge is 0.367 e. The number of anilines is 2. The molecule has 2 bridgehead atoms. The molecule has 7 nitrogen and oxygen atoms in total. The van der Waals surface area contributed by atoms with Crippen molar-refractivity contribution in [2.75, 3.05) is 37.0 Å². The van der Waals surface area contributed by atoms with Gasteiger partial charge in [-0.05, 0) is 31.0 Å². The number of hydrogen-bond donors (Lipinski definition) is 1. The van der Waals surface area contributed by atoms with Gasteiger partial charge in [-0.1, -0.05) is 0 Å². The highest BCUT2D eigenvalue weighted by atomic mass is 35.5. The fourth-order valence-corrected chi connectivity index (χ4v) is 4.15. The monoisotopic (exact) mass is 385 g/mol. The second kappa shape index (κ2) is 6.98. The van der Waals surface area contributed by atoms with Crippen LogP contribution in [0.5, 0.6) is 0 Å². The topological polar surface area (TPSA) is 61.6 Å². The van der Waals surface area contributed by atoms with Crippen LogP contribution in [0.1, 0.15) is 12.8 Å². The Balaban J connectivity index is 0.00000180. The van der Waals surface area contributed by atoms with Crippen LogP contribution in [0.4, 0.5) is 11.5 Å². The summed E-state index contributed by atoms with van der Waals surface area (Å²) in [4.78, 5) is 4.47. The molecule has 27 heavy (non-hydrogen) atoms. The molecule has 142 valence electrons. The van der Waals surface area contributed by atoms with E-state index < -0.39 is 0 Å². The maximum Gasteiger partial charge on any atom is 0.151 e. The van der Waals surface area contributed by atoms with E-state index in [1.165, 1.54) is 18.5 Å². The van der Waals surface area contributed by atoms with Crippen LogP contribution in [0.15, 0.2) is 36.8 Å². The van der Waals surface area contributed by atoms with Crippen molar-refractivity contribution in [3.05, 3.63) is 36.8 Å². The molecule has 8 heteroatoms. The normalized spacial score (nSPS) is 21.3. The molecule has 3 aromatic heterocycles. The molecule has 0 radical (unpaired) electrons. The predicted molar refractivity (Wildman–Crippen MR) is 110 cm³/mol. The average Bonchev–Trinajstić information content (AvgIpc) is 3.24. The van der Waals surface area contributed by atoms with E-state index in [4.69, 9.17) is 0 Å². The third-order valence-electron chi connectivity index (χ3n) is 5.48. The van der Waals surface area contributed by atoms with Crippen molar-refractivity contribution in [1.82, 2.24) is 25.1 Å². The molecule has 2 unspecified atom stereocenters. The van der Waals surface area contributed by atoms with Crippen LogP contribution < -0.4 is 15.1 Å². The van der Waals surface area contributed by atoms with Crippen LogP contribution in [0.2, 0.25) is 0 Å². The Morgan fingerprint density at radius 2 is 1.89 bits per heavy atom. The third kappa shape index (κ3) is 3.21. The lowest BCUT2D eigenvalue weighted by Crippen LogP contribution is -2.51. The molecule has 2 aliphatic rings. The van der Waals surface area contributed by atoms with Crippen molar-refractivity contribution in [2.24, 2.45) is 0 Å². The van der Waals surface area contributed by atoms with Gasteiger partial charge in [0, 0.05) is 62.8 Å². The highest BCUT2D eigenvalue weighted by Gasteiger charge is 2.32. The summed E-state index contributed by atoms with van der Waals surface area (Å²) < 4.78 is 1.98. The van der Waals surface area contributed by atoms with E-state index in [2.05, 4.69) is 49.9 Å². The standard InChI is InChI=1S/C19H23N7.ClH/c1-24(2)19-8-13(9-20-23-19)14-7-18-17(5-6-21-26(18)10-14)25-11-15-3-4-16(12-25)22-15;/h5-10,15-16,22H,3-4,11-12H2,1-2H3;1H. The highest BCUT2D eigenvalue weighted by Crippen LogP contribution is 2.31. The van der Waals surface area contributed by atoms with Crippen molar-refractivity contribution in [1.29, 1.82) is 0 Å². The highest BCUT2D eigenvalue weighted by molar-refractivity contribution is 5.85. The molecule has 3 aromatic rings. The van der Waals surface area contributed by atoms with Crippen LogP contribution in [0, 0.1) is 0 Å². The van der Waals surface area contributed by atoms with Crippen molar-refractivity contribution in [3.8, 4) is 11.1 Å². The number of nitrogens with zero attached hydrogens (tertiary/aromatic N) is 6. The zero-order valence-electron chi connectivity index (χ0n) is 15.5. The molecule has 0 aromatic carbocycles.